The van der Waals surface area contributed by atoms with Gasteiger partial charge in [-0.3, -0.25) is 4.90 Å². The number of carbonyl (C=O) groups is 2. The molecule has 7 nitrogen and oxygen atoms in total. The van der Waals surface area contributed by atoms with E-state index in [1.54, 1.807) is 0 Å². The third-order valence-corrected chi connectivity index (χ3v) is 7.14. The molecule has 0 aromatic carbocycles. The first-order chi connectivity index (χ1) is 12.5. The summed E-state index contributed by atoms with van der Waals surface area (Å²) in [4.78, 5) is 30.9. The molecule has 0 spiro atoms. The van der Waals surface area contributed by atoms with E-state index in [9.17, 15) is 9.59 Å². The summed E-state index contributed by atoms with van der Waals surface area (Å²) in [7, 11) is 1.45. The maximum atomic E-state index is 12.5. The molecule has 4 fully saturated rings. The van der Waals surface area contributed by atoms with Crippen LogP contribution in [0.2, 0.25) is 0 Å². The molecule has 3 amide bonds. The van der Waals surface area contributed by atoms with E-state index in [1.807, 2.05) is 4.90 Å². The number of hydrogen-bond donors (Lipinski definition) is 1. The number of amides is 3. The Kier molecular flexibility index (Phi) is 4.75. The summed E-state index contributed by atoms with van der Waals surface area (Å²) in [6.07, 6.45) is 7.59. The van der Waals surface area contributed by atoms with Crippen molar-refractivity contribution in [3.8, 4) is 0 Å². The van der Waals surface area contributed by atoms with Gasteiger partial charge in [-0.15, -0.1) is 0 Å². The molecule has 7 heteroatoms. The average Bonchev–Trinajstić information content (AvgIpc) is 3.21. The van der Waals surface area contributed by atoms with Gasteiger partial charge >= 0.3 is 12.1 Å². The molecule has 1 N–H and O–H groups in total. The van der Waals surface area contributed by atoms with Crippen LogP contribution in [0, 0.1) is 0 Å². The van der Waals surface area contributed by atoms with E-state index in [0.29, 0.717) is 18.1 Å². The summed E-state index contributed by atoms with van der Waals surface area (Å²) in [5, 5.41) is 3.22. The van der Waals surface area contributed by atoms with Gasteiger partial charge in [-0.1, -0.05) is 12.8 Å². The molecule has 4 rings (SSSR count). The molecule has 0 aromatic heterocycles. The number of likely N-dealkylation sites (tertiary alicyclic amines) is 2. The Labute approximate surface area is 156 Å². The highest BCUT2D eigenvalue weighted by atomic mass is 16.5. The predicted molar refractivity (Wildman–Crippen MR) is 98.0 cm³/mol. The van der Waals surface area contributed by atoms with Crippen LogP contribution in [0.1, 0.15) is 51.9 Å². The quantitative estimate of drug-likeness (QED) is 0.814. The Hall–Kier alpha value is -1.50. The van der Waals surface area contributed by atoms with Crippen LogP contribution in [0.4, 0.5) is 9.59 Å². The summed E-state index contributed by atoms with van der Waals surface area (Å²) in [6, 6.07) is 1.30. The van der Waals surface area contributed by atoms with Gasteiger partial charge in [-0.2, -0.15) is 0 Å². The Bertz CT molecular complexity index is 563. The zero-order valence-electron chi connectivity index (χ0n) is 16.1. The summed E-state index contributed by atoms with van der Waals surface area (Å²) in [5.74, 6) is 0. The monoisotopic (exact) mass is 364 g/mol. The number of ether oxygens (including phenoxy) is 1. The van der Waals surface area contributed by atoms with Crippen molar-refractivity contribution >= 4 is 12.1 Å². The minimum Gasteiger partial charge on any atom is -0.453 e. The number of methoxy groups -OCH3 is 1. The molecule has 146 valence electrons. The lowest BCUT2D eigenvalue weighted by atomic mass is 9.88. The van der Waals surface area contributed by atoms with E-state index in [0.717, 1.165) is 58.3 Å². The Morgan fingerprint density at radius 2 is 1.88 bits per heavy atom. The van der Waals surface area contributed by atoms with E-state index < -0.39 is 0 Å². The SMILES string of the molecule is COC(=O)N1CCC(C)(N2CCC(N3C(=O)N[C@H]4CCCC[C@@H]43)CC2)C1. The Morgan fingerprint density at radius 3 is 2.62 bits per heavy atom. The Balaban J connectivity index is 1.36. The number of carbonyl (C=O) groups excluding carboxylic acids is 2. The van der Waals surface area contributed by atoms with Gasteiger partial charge < -0.3 is 19.9 Å². The standard InChI is InChI=1S/C19H32N4O3/c1-19(9-12-21(13-19)18(25)26-2)22-10-7-14(8-11-22)23-16-6-4-3-5-15(16)20-17(23)24/h14-16H,3-13H2,1-2H3,(H,20,24)/t15-,16-,19?/m0/s1. The van der Waals surface area contributed by atoms with Crippen molar-refractivity contribution in [3.63, 3.8) is 0 Å². The summed E-state index contributed by atoms with van der Waals surface area (Å²) in [5.41, 5.74) is 0.0276. The third kappa shape index (κ3) is 3.04. The average molecular weight is 364 g/mol. The van der Waals surface area contributed by atoms with Gasteiger partial charge in [0.05, 0.1) is 19.2 Å². The molecule has 4 aliphatic rings. The van der Waals surface area contributed by atoms with Crippen LogP contribution >= 0.6 is 0 Å². The van der Waals surface area contributed by atoms with Gasteiger partial charge in [-0.25, -0.2) is 9.59 Å². The number of nitrogens with one attached hydrogen (secondary N) is 1. The first-order valence-corrected chi connectivity index (χ1v) is 10.2. The van der Waals surface area contributed by atoms with E-state index in [4.69, 9.17) is 4.74 Å². The van der Waals surface area contributed by atoms with Gasteiger partial charge in [-0.05, 0) is 39.0 Å². The zero-order valence-corrected chi connectivity index (χ0v) is 16.1. The molecular formula is C19H32N4O3. The molecule has 1 unspecified atom stereocenters. The van der Waals surface area contributed by atoms with Crippen molar-refractivity contribution < 1.29 is 14.3 Å². The smallest absolute Gasteiger partial charge is 0.409 e. The van der Waals surface area contributed by atoms with Crippen LogP contribution in [0.25, 0.3) is 0 Å². The van der Waals surface area contributed by atoms with Crippen molar-refractivity contribution in [1.82, 2.24) is 20.0 Å². The third-order valence-electron chi connectivity index (χ3n) is 7.14. The van der Waals surface area contributed by atoms with Crippen LogP contribution in [0.15, 0.2) is 0 Å². The molecule has 3 saturated heterocycles. The first-order valence-electron chi connectivity index (χ1n) is 10.2. The van der Waals surface area contributed by atoms with Crippen molar-refractivity contribution in [3.05, 3.63) is 0 Å². The normalized spacial score (nSPS) is 36.2. The van der Waals surface area contributed by atoms with Gasteiger partial charge in [0.25, 0.3) is 0 Å². The lowest BCUT2D eigenvalue weighted by Crippen LogP contribution is -2.56. The number of urea groups is 1. The maximum absolute atomic E-state index is 12.5. The molecule has 0 bridgehead atoms. The summed E-state index contributed by atoms with van der Waals surface area (Å²) >= 11 is 0. The number of nitrogens with zero attached hydrogens (tertiary/aromatic N) is 3. The molecular weight excluding hydrogens is 332 g/mol. The predicted octanol–water partition coefficient (Wildman–Crippen LogP) is 2.02. The van der Waals surface area contributed by atoms with Crippen molar-refractivity contribution in [1.29, 1.82) is 0 Å². The van der Waals surface area contributed by atoms with Gasteiger partial charge in [0.2, 0.25) is 0 Å². The molecule has 1 saturated carbocycles. The topological polar surface area (TPSA) is 65.1 Å². The second-order valence-corrected chi connectivity index (χ2v) is 8.67. The fraction of sp³-hybridized carbons (Fsp3) is 0.895. The number of piperidine rings is 1. The lowest BCUT2D eigenvalue weighted by molar-refractivity contribution is 0.0435. The fourth-order valence-corrected chi connectivity index (χ4v) is 5.60. The molecule has 1 aliphatic carbocycles. The zero-order chi connectivity index (χ0) is 18.3. The second-order valence-electron chi connectivity index (χ2n) is 8.67. The maximum Gasteiger partial charge on any atom is 0.409 e. The Morgan fingerprint density at radius 1 is 1.15 bits per heavy atom. The van der Waals surface area contributed by atoms with E-state index in [-0.39, 0.29) is 17.7 Å². The van der Waals surface area contributed by atoms with Crippen LogP contribution in [0.5, 0.6) is 0 Å². The number of hydrogen-bond acceptors (Lipinski definition) is 4. The molecule has 3 atom stereocenters. The molecule has 26 heavy (non-hydrogen) atoms. The minimum absolute atomic E-state index is 0.0276. The fourth-order valence-electron chi connectivity index (χ4n) is 5.60. The van der Waals surface area contributed by atoms with Crippen LogP contribution < -0.4 is 5.32 Å². The van der Waals surface area contributed by atoms with Crippen LogP contribution in [0.3, 0.4) is 0 Å². The second kappa shape index (κ2) is 6.91. The molecule has 3 heterocycles. The number of rotatable bonds is 2. The van der Waals surface area contributed by atoms with Crippen molar-refractivity contribution in [2.45, 2.75) is 75.5 Å². The highest BCUT2D eigenvalue weighted by Crippen LogP contribution is 2.35. The van der Waals surface area contributed by atoms with Crippen LogP contribution in [-0.2, 0) is 4.74 Å². The van der Waals surface area contributed by atoms with Crippen LogP contribution in [-0.4, -0.2) is 83.8 Å². The van der Waals surface area contributed by atoms with Gasteiger partial charge in [0.15, 0.2) is 0 Å². The lowest BCUT2D eigenvalue weighted by Gasteiger charge is -2.45. The highest BCUT2D eigenvalue weighted by Gasteiger charge is 2.47. The molecule has 0 aromatic rings. The number of fused-ring (bicyclic) bond motifs is 1. The largest absolute Gasteiger partial charge is 0.453 e. The van der Waals surface area contributed by atoms with Crippen molar-refractivity contribution in [2.24, 2.45) is 0 Å². The van der Waals surface area contributed by atoms with Crippen molar-refractivity contribution in [2.75, 3.05) is 33.3 Å². The summed E-state index contributed by atoms with van der Waals surface area (Å²) < 4.78 is 4.88. The first kappa shape index (κ1) is 17.9. The van der Waals surface area contributed by atoms with Gasteiger partial charge in [0.1, 0.15) is 0 Å². The van der Waals surface area contributed by atoms with Gasteiger partial charge in [0, 0.05) is 37.8 Å². The van der Waals surface area contributed by atoms with E-state index >= 15 is 0 Å². The van der Waals surface area contributed by atoms with E-state index in [2.05, 4.69) is 22.0 Å². The molecule has 0 radical (unpaired) electrons. The minimum atomic E-state index is -0.222. The molecule has 3 aliphatic heterocycles. The van der Waals surface area contributed by atoms with E-state index in [1.165, 1.54) is 20.0 Å². The highest BCUT2D eigenvalue weighted by molar-refractivity contribution is 5.78. The summed E-state index contributed by atoms with van der Waals surface area (Å²) in [6.45, 7) is 5.76.